The van der Waals surface area contributed by atoms with Crippen LogP contribution in [-0.2, 0) is 9.47 Å². The molecule has 0 radical (unpaired) electrons. The van der Waals surface area contributed by atoms with E-state index < -0.39 is 0 Å². The smallest absolute Gasteiger partial charge is 0.268 e. The minimum Gasteiger partial charge on any atom is -0.376 e. The minimum absolute atomic E-state index is 0.0366. The van der Waals surface area contributed by atoms with E-state index in [1.165, 1.54) is 0 Å². The molecule has 1 N–H and O–H groups in total. The summed E-state index contributed by atoms with van der Waals surface area (Å²) in [6, 6.07) is 2.35. The molecule has 1 atom stereocenters. The van der Waals surface area contributed by atoms with Crippen molar-refractivity contribution in [2.75, 3.05) is 26.4 Å². The Labute approximate surface area is 120 Å². The molecule has 2 aliphatic rings. The number of nitrogens with one attached hydrogen (secondary N) is 1. The van der Waals surface area contributed by atoms with Crippen LogP contribution in [0.4, 0.5) is 0 Å². The Kier molecular flexibility index (Phi) is 3.91. The van der Waals surface area contributed by atoms with Crippen LogP contribution in [0.2, 0.25) is 0 Å². The zero-order valence-electron chi connectivity index (χ0n) is 10.6. The lowest BCUT2D eigenvalue weighted by Gasteiger charge is -2.23. The number of carbonyl (C=O) groups is 1. The van der Waals surface area contributed by atoms with Gasteiger partial charge in [-0.3, -0.25) is 4.79 Å². The molecule has 0 spiro atoms. The molecule has 1 amide bonds. The maximum absolute atomic E-state index is 12.2. The summed E-state index contributed by atoms with van der Waals surface area (Å²) in [7, 11) is 0. The summed E-state index contributed by atoms with van der Waals surface area (Å²) in [5.41, 5.74) is 0.714. The lowest BCUT2D eigenvalue weighted by atomic mass is 10.3. The van der Waals surface area contributed by atoms with Gasteiger partial charge in [0, 0.05) is 23.3 Å². The molecule has 1 aromatic heterocycles. The van der Waals surface area contributed by atoms with E-state index in [4.69, 9.17) is 9.47 Å². The van der Waals surface area contributed by atoms with E-state index >= 15 is 0 Å². The second-order valence-corrected chi connectivity index (χ2v) is 5.88. The van der Waals surface area contributed by atoms with Gasteiger partial charge in [0.1, 0.15) is 5.69 Å². The van der Waals surface area contributed by atoms with E-state index in [1.54, 1.807) is 0 Å². The van der Waals surface area contributed by atoms with Gasteiger partial charge in [0.05, 0.1) is 25.9 Å². The van der Waals surface area contributed by atoms with Crippen molar-refractivity contribution in [3.8, 4) is 0 Å². The maximum atomic E-state index is 12.2. The van der Waals surface area contributed by atoms with Gasteiger partial charge in [0.2, 0.25) is 0 Å². The molecule has 1 aliphatic carbocycles. The van der Waals surface area contributed by atoms with Crippen molar-refractivity contribution < 1.29 is 14.3 Å². The van der Waals surface area contributed by atoms with E-state index in [-0.39, 0.29) is 12.0 Å². The third-order valence-corrected chi connectivity index (χ3v) is 3.80. The van der Waals surface area contributed by atoms with Crippen LogP contribution in [0.15, 0.2) is 16.7 Å². The fourth-order valence-corrected chi connectivity index (χ4v) is 2.67. The molecule has 1 aromatic rings. The van der Waals surface area contributed by atoms with Crippen molar-refractivity contribution in [2.24, 2.45) is 0 Å². The molecule has 1 unspecified atom stereocenters. The van der Waals surface area contributed by atoms with Gasteiger partial charge < -0.3 is 19.4 Å². The van der Waals surface area contributed by atoms with E-state index in [0.29, 0.717) is 38.1 Å². The van der Waals surface area contributed by atoms with Crippen molar-refractivity contribution in [1.29, 1.82) is 0 Å². The van der Waals surface area contributed by atoms with Gasteiger partial charge in [-0.25, -0.2) is 0 Å². The van der Waals surface area contributed by atoms with Crippen molar-refractivity contribution in [1.82, 2.24) is 9.88 Å². The topological polar surface area (TPSA) is 52.5 Å². The number of halogens is 1. The second-order valence-electron chi connectivity index (χ2n) is 4.96. The highest BCUT2D eigenvalue weighted by Crippen LogP contribution is 2.37. The summed E-state index contributed by atoms with van der Waals surface area (Å²) in [4.78, 5) is 12.2. The first-order chi connectivity index (χ1) is 9.24. The summed E-state index contributed by atoms with van der Waals surface area (Å²) >= 11 is 3.43. The number of ether oxygens (including phenoxy) is 2. The average molecular weight is 329 g/mol. The first kappa shape index (κ1) is 13.1. The molecule has 6 heteroatoms. The quantitative estimate of drug-likeness (QED) is 0.915. The van der Waals surface area contributed by atoms with Crippen LogP contribution < -0.4 is 5.32 Å². The standard InChI is InChI=1S/C13H17BrN2O3/c14-9-5-12(16(7-9)10-1-2-10)13(17)15-6-11-8-18-3-4-19-11/h5,7,10-11H,1-4,6,8H2,(H,15,17). The van der Waals surface area contributed by atoms with E-state index in [9.17, 15) is 4.79 Å². The normalized spacial score (nSPS) is 23.3. The number of rotatable bonds is 4. The fraction of sp³-hybridized carbons (Fsp3) is 0.615. The van der Waals surface area contributed by atoms with Gasteiger partial charge in [0.15, 0.2) is 0 Å². The Morgan fingerprint density at radius 1 is 1.47 bits per heavy atom. The maximum Gasteiger partial charge on any atom is 0.268 e. The predicted octanol–water partition coefficient (Wildman–Crippen LogP) is 1.73. The van der Waals surface area contributed by atoms with Crippen molar-refractivity contribution in [3.05, 3.63) is 22.4 Å². The molecule has 104 valence electrons. The fourth-order valence-electron chi connectivity index (χ4n) is 2.23. The molecule has 1 saturated heterocycles. The Morgan fingerprint density at radius 3 is 3.00 bits per heavy atom. The Bertz CT molecular complexity index is 464. The first-order valence-corrected chi connectivity index (χ1v) is 7.38. The van der Waals surface area contributed by atoms with Crippen LogP contribution in [0.25, 0.3) is 0 Å². The van der Waals surface area contributed by atoms with Gasteiger partial charge in [0.25, 0.3) is 5.91 Å². The van der Waals surface area contributed by atoms with Crippen molar-refractivity contribution >= 4 is 21.8 Å². The monoisotopic (exact) mass is 328 g/mol. The number of amides is 1. The highest BCUT2D eigenvalue weighted by atomic mass is 79.9. The summed E-state index contributed by atoms with van der Waals surface area (Å²) < 4.78 is 13.8. The Hall–Kier alpha value is -0.850. The van der Waals surface area contributed by atoms with Gasteiger partial charge in [-0.05, 0) is 34.8 Å². The van der Waals surface area contributed by atoms with Crippen LogP contribution in [0, 0.1) is 0 Å². The molecular formula is C13H17BrN2O3. The molecule has 2 fully saturated rings. The first-order valence-electron chi connectivity index (χ1n) is 6.59. The third-order valence-electron chi connectivity index (χ3n) is 3.36. The number of hydrogen-bond donors (Lipinski definition) is 1. The molecule has 0 bridgehead atoms. The van der Waals surface area contributed by atoms with Crippen molar-refractivity contribution in [2.45, 2.75) is 25.0 Å². The molecule has 2 heterocycles. The number of aromatic nitrogens is 1. The van der Waals surface area contributed by atoms with Crippen LogP contribution >= 0.6 is 15.9 Å². The molecular weight excluding hydrogens is 312 g/mol. The zero-order valence-corrected chi connectivity index (χ0v) is 12.2. The van der Waals surface area contributed by atoms with Crippen LogP contribution in [0.5, 0.6) is 0 Å². The lowest BCUT2D eigenvalue weighted by molar-refractivity contribution is -0.0855. The average Bonchev–Trinajstić information content (AvgIpc) is 3.20. The Balaban J connectivity index is 1.60. The Morgan fingerprint density at radius 2 is 2.32 bits per heavy atom. The van der Waals surface area contributed by atoms with E-state index in [0.717, 1.165) is 17.3 Å². The number of nitrogens with zero attached hydrogens (tertiary/aromatic N) is 1. The van der Waals surface area contributed by atoms with Crippen LogP contribution in [0.3, 0.4) is 0 Å². The van der Waals surface area contributed by atoms with E-state index in [2.05, 4.69) is 25.8 Å². The molecule has 5 nitrogen and oxygen atoms in total. The second kappa shape index (κ2) is 5.64. The van der Waals surface area contributed by atoms with Crippen LogP contribution in [-0.4, -0.2) is 42.9 Å². The highest BCUT2D eigenvalue weighted by Gasteiger charge is 2.28. The molecule has 19 heavy (non-hydrogen) atoms. The van der Waals surface area contributed by atoms with Gasteiger partial charge in [-0.2, -0.15) is 0 Å². The zero-order chi connectivity index (χ0) is 13.2. The SMILES string of the molecule is O=C(NCC1COCCO1)c1cc(Br)cn1C1CC1. The molecule has 1 saturated carbocycles. The van der Waals surface area contributed by atoms with Gasteiger partial charge >= 0.3 is 0 Å². The summed E-state index contributed by atoms with van der Waals surface area (Å²) in [5.74, 6) is -0.0493. The lowest BCUT2D eigenvalue weighted by Crippen LogP contribution is -2.40. The molecule has 0 aromatic carbocycles. The molecule has 1 aliphatic heterocycles. The highest BCUT2D eigenvalue weighted by molar-refractivity contribution is 9.10. The van der Waals surface area contributed by atoms with Crippen LogP contribution in [0.1, 0.15) is 29.4 Å². The van der Waals surface area contributed by atoms with Crippen molar-refractivity contribution in [3.63, 3.8) is 0 Å². The minimum atomic E-state index is -0.0493. The predicted molar refractivity (Wildman–Crippen MR) is 73.3 cm³/mol. The third kappa shape index (κ3) is 3.19. The number of carbonyl (C=O) groups excluding carboxylic acids is 1. The van der Waals surface area contributed by atoms with Gasteiger partial charge in [-0.15, -0.1) is 0 Å². The summed E-state index contributed by atoms with van der Waals surface area (Å²) in [5, 5.41) is 2.92. The summed E-state index contributed by atoms with van der Waals surface area (Å²) in [6.07, 6.45) is 4.25. The number of hydrogen-bond acceptors (Lipinski definition) is 3. The largest absolute Gasteiger partial charge is 0.376 e. The van der Waals surface area contributed by atoms with E-state index in [1.807, 2.05) is 12.3 Å². The van der Waals surface area contributed by atoms with Gasteiger partial charge in [-0.1, -0.05) is 0 Å². The molecule has 3 rings (SSSR count). The summed E-state index contributed by atoms with van der Waals surface area (Å²) in [6.45, 7) is 2.28.